The molecule has 1 saturated heterocycles. The van der Waals surface area contributed by atoms with E-state index in [2.05, 4.69) is 17.5 Å². The lowest BCUT2D eigenvalue weighted by atomic mass is 9.99. The largest absolute Gasteiger partial charge is 0.344 e. The Balaban J connectivity index is 2.11. The number of allylic oxidation sites excluding steroid dienone is 1. The van der Waals surface area contributed by atoms with Crippen LogP contribution < -0.4 is 5.32 Å². The first-order valence-electron chi connectivity index (χ1n) is 6.47. The van der Waals surface area contributed by atoms with Gasteiger partial charge < -0.3 is 10.2 Å². The molecule has 2 unspecified atom stereocenters. The van der Waals surface area contributed by atoms with Crippen molar-refractivity contribution >= 4 is 11.8 Å². The van der Waals surface area contributed by atoms with Crippen molar-refractivity contribution in [3.63, 3.8) is 0 Å². The third-order valence-electron chi connectivity index (χ3n) is 3.59. The maximum Gasteiger partial charge on any atom is 0.245 e. The first-order valence-corrected chi connectivity index (χ1v) is 6.47. The molecule has 2 aliphatic rings. The second-order valence-corrected chi connectivity index (χ2v) is 4.75. The zero-order valence-electron chi connectivity index (χ0n) is 10.3. The predicted octanol–water partition coefficient (Wildman–Crippen LogP) is 1.22. The van der Waals surface area contributed by atoms with E-state index in [0.717, 1.165) is 19.3 Å². The van der Waals surface area contributed by atoms with E-state index in [1.807, 2.05) is 11.8 Å². The van der Waals surface area contributed by atoms with E-state index < -0.39 is 0 Å². The Morgan fingerprint density at radius 1 is 1.41 bits per heavy atom. The van der Waals surface area contributed by atoms with Gasteiger partial charge in [-0.15, -0.1) is 0 Å². The Kier molecular flexibility index (Phi) is 3.82. The second-order valence-electron chi connectivity index (χ2n) is 4.75. The van der Waals surface area contributed by atoms with Gasteiger partial charge in [-0.1, -0.05) is 19.1 Å². The van der Waals surface area contributed by atoms with Gasteiger partial charge in [-0.25, -0.2) is 0 Å². The fourth-order valence-corrected chi connectivity index (χ4v) is 2.56. The predicted molar refractivity (Wildman–Crippen MR) is 65.3 cm³/mol. The SMILES string of the molecule is CCC1NC(=O)CCN(C2CC=CCC2)C1=O. The number of hydrogen-bond acceptors (Lipinski definition) is 2. The molecule has 2 rings (SSSR count). The van der Waals surface area contributed by atoms with Crippen molar-refractivity contribution < 1.29 is 9.59 Å². The number of rotatable bonds is 2. The highest BCUT2D eigenvalue weighted by molar-refractivity contribution is 5.90. The van der Waals surface area contributed by atoms with Gasteiger partial charge in [-0.2, -0.15) is 0 Å². The average molecular weight is 236 g/mol. The topological polar surface area (TPSA) is 49.4 Å². The van der Waals surface area contributed by atoms with Crippen LogP contribution in [0.3, 0.4) is 0 Å². The monoisotopic (exact) mass is 236 g/mol. The average Bonchev–Trinajstić information content (AvgIpc) is 2.50. The third kappa shape index (κ3) is 2.68. The Hall–Kier alpha value is -1.32. The van der Waals surface area contributed by atoms with E-state index in [1.165, 1.54) is 0 Å². The normalized spacial score (nSPS) is 30.1. The Labute approximate surface area is 102 Å². The van der Waals surface area contributed by atoms with Gasteiger partial charge in [0.25, 0.3) is 0 Å². The molecule has 2 atom stereocenters. The summed E-state index contributed by atoms with van der Waals surface area (Å²) in [5.41, 5.74) is 0. The summed E-state index contributed by atoms with van der Waals surface area (Å²) in [4.78, 5) is 25.7. The lowest BCUT2D eigenvalue weighted by Crippen LogP contribution is -2.48. The van der Waals surface area contributed by atoms with Crippen LogP contribution in [0.4, 0.5) is 0 Å². The van der Waals surface area contributed by atoms with Crippen molar-refractivity contribution in [1.82, 2.24) is 10.2 Å². The Morgan fingerprint density at radius 2 is 2.24 bits per heavy atom. The molecule has 0 radical (unpaired) electrons. The molecule has 1 heterocycles. The third-order valence-corrected chi connectivity index (χ3v) is 3.59. The van der Waals surface area contributed by atoms with Gasteiger partial charge >= 0.3 is 0 Å². The summed E-state index contributed by atoms with van der Waals surface area (Å²) < 4.78 is 0. The van der Waals surface area contributed by atoms with Crippen LogP contribution in [0.5, 0.6) is 0 Å². The molecule has 0 bridgehead atoms. The van der Waals surface area contributed by atoms with Gasteiger partial charge in [-0.3, -0.25) is 9.59 Å². The summed E-state index contributed by atoms with van der Waals surface area (Å²) in [7, 11) is 0. The summed E-state index contributed by atoms with van der Waals surface area (Å²) >= 11 is 0. The smallest absolute Gasteiger partial charge is 0.245 e. The van der Waals surface area contributed by atoms with Crippen LogP contribution in [0, 0.1) is 0 Å². The second kappa shape index (κ2) is 5.34. The van der Waals surface area contributed by atoms with Crippen molar-refractivity contribution in [1.29, 1.82) is 0 Å². The van der Waals surface area contributed by atoms with Crippen LogP contribution in [0.2, 0.25) is 0 Å². The van der Waals surface area contributed by atoms with Gasteiger partial charge in [0.15, 0.2) is 0 Å². The van der Waals surface area contributed by atoms with Gasteiger partial charge in [-0.05, 0) is 25.7 Å². The summed E-state index contributed by atoms with van der Waals surface area (Å²) in [6.07, 6.45) is 8.39. The van der Waals surface area contributed by atoms with Crippen molar-refractivity contribution in [2.75, 3.05) is 6.54 Å². The number of hydrogen-bond donors (Lipinski definition) is 1. The van der Waals surface area contributed by atoms with E-state index in [0.29, 0.717) is 19.4 Å². The number of amides is 2. The van der Waals surface area contributed by atoms with E-state index in [9.17, 15) is 9.59 Å². The molecule has 1 N–H and O–H groups in total. The van der Waals surface area contributed by atoms with E-state index in [4.69, 9.17) is 0 Å². The molecule has 1 fully saturated rings. The highest BCUT2D eigenvalue weighted by Gasteiger charge is 2.32. The minimum atomic E-state index is -0.323. The molecule has 0 aromatic rings. The number of carbonyl (C=O) groups excluding carboxylic acids is 2. The van der Waals surface area contributed by atoms with Gasteiger partial charge in [0, 0.05) is 19.0 Å². The van der Waals surface area contributed by atoms with Crippen LogP contribution in [0.25, 0.3) is 0 Å². The summed E-state index contributed by atoms with van der Waals surface area (Å²) in [5, 5.41) is 2.80. The van der Waals surface area contributed by atoms with Crippen LogP contribution in [0.15, 0.2) is 12.2 Å². The molecule has 0 aromatic carbocycles. The van der Waals surface area contributed by atoms with Gasteiger partial charge in [0.1, 0.15) is 6.04 Å². The molecule has 4 nitrogen and oxygen atoms in total. The molecule has 1 aliphatic carbocycles. The molecule has 17 heavy (non-hydrogen) atoms. The minimum absolute atomic E-state index is 0.000878. The Morgan fingerprint density at radius 3 is 2.88 bits per heavy atom. The first kappa shape index (κ1) is 12.1. The molecule has 4 heteroatoms. The maximum atomic E-state index is 12.3. The number of nitrogens with zero attached hydrogens (tertiary/aromatic N) is 1. The molecule has 94 valence electrons. The molecule has 1 aliphatic heterocycles. The standard InChI is InChI=1S/C13H20N2O2/c1-2-11-13(17)15(9-8-12(16)14-11)10-6-4-3-5-7-10/h3-4,10-11H,2,5-9H2,1H3,(H,14,16). The summed E-state index contributed by atoms with van der Waals surface area (Å²) in [6.45, 7) is 2.51. The highest BCUT2D eigenvalue weighted by Crippen LogP contribution is 2.20. The van der Waals surface area contributed by atoms with Crippen LogP contribution in [0.1, 0.15) is 39.0 Å². The quantitative estimate of drug-likeness (QED) is 0.733. The van der Waals surface area contributed by atoms with Crippen molar-refractivity contribution in [3.8, 4) is 0 Å². The van der Waals surface area contributed by atoms with Gasteiger partial charge in [0.2, 0.25) is 11.8 Å². The minimum Gasteiger partial charge on any atom is -0.344 e. The van der Waals surface area contributed by atoms with Crippen molar-refractivity contribution in [3.05, 3.63) is 12.2 Å². The Bertz CT molecular complexity index is 338. The highest BCUT2D eigenvalue weighted by atomic mass is 16.2. The molecule has 0 saturated carbocycles. The lowest BCUT2D eigenvalue weighted by Gasteiger charge is -2.33. The van der Waals surface area contributed by atoms with E-state index in [-0.39, 0.29) is 23.9 Å². The van der Waals surface area contributed by atoms with E-state index >= 15 is 0 Å². The fourth-order valence-electron chi connectivity index (χ4n) is 2.56. The molecule has 0 spiro atoms. The molecular weight excluding hydrogens is 216 g/mol. The zero-order chi connectivity index (χ0) is 12.3. The van der Waals surface area contributed by atoms with Crippen molar-refractivity contribution in [2.24, 2.45) is 0 Å². The fraction of sp³-hybridized carbons (Fsp3) is 0.692. The summed E-state index contributed by atoms with van der Waals surface area (Å²) in [5.74, 6) is 0.0951. The zero-order valence-corrected chi connectivity index (χ0v) is 10.3. The van der Waals surface area contributed by atoms with Crippen LogP contribution in [-0.4, -0.2) is 35.3 Å². The number of nitrogens with one attached hydrogen (secondary N) is 1. The van der Waals surface area contributed by atoms with Crippen LogP contribution >= 0.6 is 0 Å². The molecular formula is C13H20N2O2. The first-order chi connectivity index (χ1) is 8.22. The van der Waals surface area contributed by atoms with Gasteiger partial charge in [0.05, 0.1) is 0 Å². The maximum absolute atomic E-state index is 12.3. The van der Waals surface area contributed by atoms with Crippen molar-refractivity contribution in [2.45, 2.75) is 51.1 Å². The lowest BCUT2D eigenvalue weighted by molar-refractivity contribution is -0.135. The number of carbonyl (C=O) groups is 2. The summed E-state index contributed by atoms with van der Waals surface area (Å²) in [6, 6.07) is -0.0369. The molecule has 2 amide bonds. The van der Waals surface area contributed by atoms with E-state index in [1.54, 1.807) is 0 Å². The molecule has 0 aromatic heterocycles. The van der Waals surface area contributed by atoms with Crippen LogP contribution in [-0.2, 0) is 9.59 Å².